The van der Waals surface area contributed by atoms with Crippen LogP contribution in [0.4, 0.5) is 0 Å². The van der Waals surface area contributed by atoms with Gasteiger partial charge in [0.25, 0.3) is 0 Å². The van der Waals surface area contributed by atoms with Gasteiger partial charge in [0.2, 0.25) is 0 Å². The summed E-state index contributed by atoms with van der Waals surface area (Å²) in [5.41, 5.74) is 1.39. The molecule has 0 aliphatic carbocycles. The summed E-state index contributed by atoms with van der Waals surface area (Å²) in [5, 5.41) is 3.43. The van der Waals surface area contributed by atoms with Crippen molar-refractivity contribution < 1.29 is 4.74 Å². The molecule has 3 heteroatoms. The van der Waals surface area contributed by atoms with Crippen LogP contribution in [0.2, 0.25) is 0 Å². The average molecular weight is 250 g/mol. The van der Waals surface area contributed by atoms with E-state index < -0.39 is 0 Å². The van der Waals surface area contributed by atoms with Crippen molar-refractivity contribution in [3.8, 4) is 0 Å². The lowest BCUT2D eigenvalue weighted by molar-refractivity contribution is 0.119. The van der Waals surface area contributed by atoms with E-state index in [-0.39, 0.29) is 0 Å². The number of nitrogens with zero attached hydrogens (tertiary/aromatic N) is 1. The van der Waals surface area contributed by atoms with E-state index in [1.807, 2.05) is 0 Å². The first-order chi connectivity index (χ1) is 8.70. The molecule has 0 bridgehead atoms. The van der Waals surface area contributed by atoms with Gasteiger partial charge in [0.1, 0.15) is 0 Å². The van der Waals surface area contributed by atoms with E-state index in [1.165, 1.54) is 5.56 Å². The Morgan fingerprint density at radius 1 is 1.17 bits per heavy atom. The molecule has 0 aliphatic heterocycles. The van der Waals surface area contributed by atoms with Crippen molar-refractivity contribution in [2.45, 2.75) is 12.8 Å². The first kappa shape index (κ1) is 15.2. The first-order valence-corrected chi connectivity index (χ1v) is 6.68. The molecule has 0 amide bonds. The van der Waals surface area contributed by atoms with E-state index in [9.17, 15) is 0 Å². The van der Waals surface area contributed by atoms with Crippen molar-refractivity contribution in [3.63, 3.8) is 0 Å². The average Bonchev–Trinajstić information content (AvgIpc) is 2.38. The third-order valence-electron chi connectivity index (χ3n) is 2.93. The van der Waals surface area contributed by atoms with E-state index in [1.54, 1.807) is 0 Å². The molecule has 1 aromatic carbocycles. The van der Waals surface area contributed by atoms with Crippen LogP contribution >= 0.6 is 0 Å². The van der Waals surface area contributed by atoms with Crippen LogP contribution in [0, 0.1) is 0 Å². The predicted octanol–water partition coefficient (Wildman–Crippen LogP) is 1.96. The van der Waals surface area contributed by atoms with E-state index >= 15 is 0 Å². The van der Waals surface area contributed by atoms with Crippen molar-refractivity contribution in [3.05, 3.63) is 35.9 Å². The molecule has 0 aromatic heterocycles. The maximum Gasteiger partial charge on any atom is 0.0593 e. The number of hydrogen-bond acceptors (Lipinski definition) is 3. The lowest BCUT2D eigenvalue weighted by atomic mass is 10.0. The maximum atomic E-state index is 5.53. The van der Waals surface area contributed by atoms with Crippen molar-refractivity contribution in [1.82, 2.24) is 10.2 Å². The summed E-state index contributed by atoms with van der Waals surface area (Å²) in [6.07, 6.45) is 0. The second-order valence-electron chi connectivity index (χ2n) is 4.93. The van der Waals surface area contributed by atoms with Crippen LogP contribution in [0.5, 0.6) is 0 Å². The number of rotatable bonds is 9. The Morgan fingerprint density at radius 3 is 2.56 bits per heavy atom. The fourth-order valence-corrected chi connectivity index (χ4v) is 1.71. The molecule has 0 aliphatic rings. The molecule has 0 saturated carbocycles. The summed E-state index contributed by atoms with van der Waals surface area (Å²) in [6.45, 7) is 6.75. The Morgan fingerprint density at radius 2 is 1.89 bits per heavy atom. The zero-order valence-corrected chi connectivity index (χ0v) is 11.9. The van der Waals surface area contributed by atoms with Crippen molar-refractivity contribution in [2.24, 2.45) is 0 Å². The quantitative estimate of drug-likeness (QED) is 0.678. The lowest BCUT2D eigenvalue weighted by Gasteiger charge is -2.13. The van der Waals surface area contributed by atoms with Crippen LogP contribution in [0.3, 0.4) is 0 Å². The molecule has 18 heavy (non-hydrogen) atoms. The van der Waals surface area contributed by atoms with E-state index in [0.717, 1.165) is 32.8 Å². The van der Waals surface area contributed by atoms with Crippen molar-refractivity contribution in [1.29, 1.82) is 0 Å². The predicted molar refractivity (Wildman–Crippen MR) is 77.1 cm³/mol. The summed E-state index contributed by atoms with van der Waals surface area (Å²) in [5.74, 6) is 0.549. The van der Waals surface area contributed by atoms with Gasteiger partial charge >= 0.3 is 0 Å². The number of ether oxygens (including phenoxy) is 1. The van der Waals surface area contributed by atoms with E-state index in [0.29, 0.717) is 5.92 Å². The van der Waals surface area contributed by atoms with Gasteiger partial charge in [0.15, 0.2) is 0 Å². The first-order valence-electron chi connectivity index (χ1n) is 6.68. The third-order valence-corrected chi connectivity index (χ3v) is 2.93. The summed E-state index contributed by atoms with van der Waals surface area (Å²) in [4.78, 5) is 2.13. The highest BCUT2D eigenvalue weighted by atomic mass is 16.5. The van der Waals surface area contributed by atoms with Crippen molar-refractivity contribution >= 4 is 0 Å². The van der Waals surface area contributed by atoms with E-state index in [4.69, 9.17) is 4.74 Å². The highest BCUT2D eigenvalue weighted by Gasteiger charge is 2.03. The highest BCUT2D eigenvalue weighted by molar-refractivity contribution is 5.18. The minimum Gasteiger partial charge on any atom is -0.379 e. The smallest absolute Gasteiger partial charge is 0.0593 e. The summed E-state index contributed by atoms with van der Waals surface area (Å²) >= 11 is 0. The lowest BCUT2D eigenvalue weighted by Crippen LogP contribution is -2.26. The molecule has 3 nitrogen and oxygen atoms in total. The highest BCUT2D eigenvalue weighted by Crippen LogP contribution is 2.12. The minimum atomic E-state index is 0.549. The SMILES string of the molecule is CC(CNCCOCCN(C)C)c1ccccc1. The molecule has 0 spiro atoms. The second-order valence-corrected chi connectivity index (χ2v) is 4.93. The van der Waals surface area contributed by atoms with Gasteiger partial charge in [0.05, 0.1) is 13.2 Å². The Bertz CT molecular complexity index is 301. The molecule has 1 rings (SSSR count). The van der Waals surface area contributed by atoms with Gasteiger partial charge in [-0.25, -0.2) is 0 Å². The molecule has 0 saturated heterocycles. The zero-order valence-electron chi connectivity index (χ0n) is 11.9. The minimum absolute atomic E-state index is 0.549. The molecular weight excluding hydrogens is 224 g/mol. The third kappa shape index (κ3) is 6.74. The van der Waals surface area contributed by atoms with Gasteiger partial charge in [-0.05, 0) is 25.6 Å². The molecule has 102 valence electrons. The summed E-state index contributed by atoms with van der Waals surface area (Å²) in [7, 11) is 4.12. The maximum absolute atomic E-state index is 5.53. The molecule has 1 aromatic rings. The largest absolute Gasteiger partial charge is 0.379 e. The summed E-state index contributed by atoms with van der Waals surface area (Å²) in [6, 6.07) is 10.6. The van der Waals surface area contributed by atoms with Gasteiger partial charge in [-0.15, -0.1) is 0 Å². The molecule has 0 heterocycles. The Hall–Kier alpha value is -0.900. The summed E-state index contributed by atoms with van der Waals surface area (Å²) < 4.78 is 5.53. The molecular formula is C15H26N2O. The van der Waals surface area contributed by atoms with E-state index in [2.05, 4.69) is 61.6 Å². The fraction of sp³-hybridized carbons (Fsp3) is 0.600. The Balaban J connectivity index is 2.01. The van der Waals surface area contributed by atoms with Crippen LogP contribution in [-0.2, 0) is 4.74 Å². The number of hydrogen-bond donors (Lipinski definition) is 1. The molecule has 1 atom stereocenters. The molecule has 0 fully saturated rings. The van der Waals surface area contributed by atoms with Gasteiger partial charge in [-0.2, -0.15) is 0 Å². The van der Waals surface area contributed by atoms with Gasteiger partial charge in [-0.3, -0.25) is 0 Å². The van der Waals surface area contributed by atoms with Crippen LogP contribution in [0.25, 0.3) is 0 Å². The van der Waals surface area contributed by atoms with Gasteiger partial charge < -0.3 is 15.0 Å². The van der Waals surface area contributed by atoms with Crippen LogP contribution in [-0.4, -0.2) is 51.8 Å². The zero-order chi connectivity index (χ0) is 13.2. The Kier molecular flexibility index (Phi) is 7.65. The van der Waals surface area contributed by atoms with Crippen LogP contribution in [0.15, 0.2) is 30.3 Å². The normalized spacial score (nSPS) is 12.9. The topological polar surface area (TPSA) is 24.5 Å². The van der Waals surface area contributed by atoms with Crippen LogP contribution in [0.1, 0.15) is 18.4 Å². The second kappa shape index (κ2) is 9.09. The standard InChI is InChI=1S/C15H26N2O/c1-14(15-7-5-4-6-8-15)13-16-9-11-18-12-10-17(2)3/h4-8,14,16H,9-13H2,1-3H3. The Labute approximate surface area is 111 Å². The van der Waals surface area contributed by atoms with Gasteiger partial charge in [0, 0.05) is 19.6 Å². The monoisotopic (exact) mass is 250 g/mol. The van der Waals surface area contributed by atoms with Crippen molar-refractivity contribution in [2.75, 3.05) is 46.9 Å². The molecule has 0 radical (unpaired) electrons. The number of likely N-dealkylation sites (N-methyl/N-ethyl adjacent to an activating group) is 1. The number of benzene rings is 1. The molecule has 1 N–H and O–H groups in total. The van der Waals surface area contributed by atoms with Gasteiger partial charge in [-0.1, -0.05) is 37.3 Å². The van der Waals surface area contributed by atoms with Crippen LogP contribution < -0.4 is 5.32 Å². The molecule has 1 unspecified atom stereocenters. The number of nitrogens with one attached hydrogen (secondary N) is 1. The fourth-order valence-electron chi connectivity index (χ4n) is 1.71.